The van der Waals surface area contributed by atoms with E-state index < -0.39 is 5.97 Å². The molecule has 0 N–H and O–H groups in total. The van der Waals surface area contributed by atoms with Crippen molar-refractivity contribution in [3.63, 3.8) is 0 Å². The maximum atomic E-state index is 11.6. The van der Waals surface area contributed by atoms with E-state index in [1.807, 2.05) is 13.8 Å². The van der Waals surface area contributed by atoms with E-state index in [0.29, 0.717) is 5.82 Å². The molecule has 0 amide bonds. The number of aromatic nitrogens is 3. The van der Waals surface area contributed by atoms with E-state index in [1.165, 1.54) is 7.11 Å². The van der Waals surface area contributed by atoms with Gasteiger partial charge >= 0.3 is 5.97 Å². The Morgan fingerprint density at radius 3 is 2.53 bits per heavy atom. The minimum Gasteiger partial charge on any atom is -0.469 e. The fourth-order valence-electron chi connectivity index (χ4n) is 1.67. The molecule has 0 aliphatic heterocycles. The Morgan fingerprint density at radius 1 is 1.41 bits per heavy atom. The average molecular weight is 239 g/mol. The maximum Gasteiger partial charge on any atom is 0.313 e. The highest BCUT2D eigenvalue weighted by Crippen LogP contribution is 2.13. The molecule has 0 aliphatic rings. The summed E-state index contributed by atoms with van der Waals surface area (Å²) < 4.78 is 6.14. The first kappa shape index (κ1) is 13.3. The van der Waals surface area contributed by atoms with Gasteiger partial charge in [-0.3, -0.25) is 9.59 Å². The van der Waals surface area contributed by atoms with Crippen LogP contribution in [0.3, 0.4) is 0 Å². The number of hydrogen-bond donors (Lipinski definition) is 0. The number of ether oxygens (including phenoxy) is 1. The molecule has 1 aromatic heterocycles. The lowest BCUT2D eigenvalue weighted by Gasteiger charge is -2.11. The van der Waals surface area contributed by atoms with Gasteiger partial charge in [-0.1, -0.05) is 0 Å². The molecule has 1 rings (SSSR count). The van der Waals surface area contributed by atoms with E-state index in [1.54, 1.807) is 11.6 Å². The van der Waals surface area contributed by atoms with Crippen molar-refractivity contribution in [1.82, 2.24) is 14.8 Å². The minimum atomic E-state index is -0.506. The second-order valence-electron chi connectivity index (χ2n) is 4.00. The number of carbonyl (C=O) groups is 2. The Balaban J connectivity index is 2.60. The second kappa shape index (κ2) is 5.56. The Kier molecular flexibility index (Phi) is 4.37. The molecular weight excluding hydrogens is 222 g/mol. The van der Waals surface area contributed by atoms with Gasteiger partial charge in [0.25, 0.3) is 0 Å². The lowest BCUT2D eigenvalue weighted by molar-refractivity contribution is -0.143. The first-order valence-corrected chi connectivity index (χ1v) is 5.42. The van der Waals surface area contributed by atoms with Crippen LogP contribution < -0.4 is 0 Å². The molecule has 0 bridgehead atoms. The second-order valence-corrected chi connectivity index (χ2v) is 4.00. The number of methoxy groups -OCH3 is 1. The molecule has 1 aromatic rings. The molecule has 0 saturated carbocycles. The van der Waals surface area contributed by atoms with Crippen molar-refractivity contribution in [3.8, 4) is 0 Å². The number of hydrogen-bond acceptors (Lipinski definition) is 5. The Labute approximate surface area is 100.0 Å². The zero-order valence-corrected chi connectivity index (χ0v) is 10.6. The van der Waals surface area contributed by atoms with Gasteiger partial charge in [-0.2, -0.15) is 5.10 Å². The van der Waals surface area contributed by atoms with Crippen LogP contribution in [0.5, 0.6) is 0 Å². The lowest BCUT2D eigenvalue weighted by Crippen LogP contribution is -2.16. The Hall–Kier alpha value is -1.72. The van der Waals surface area contributed by atoms with Crippen LogP contribution in [-0.2, 0) is 14.3 Å². The van der Waals surface area contributed by atoms with Crippen LogP contribution in [0, 0.1) is 13.8 Å². The highest BCUT2D eigenvalue weighted by atomic mass is 16.5. The summed E-state index contributed by atoms with van der Waals surface area (Å²) in [7, 11) is 1.27. The van der Waals surface area contributed by atoms with E-state index >= 15 is 0 Å². The number of Topliss-reactive ketones (excluding diaryl/α,β-unsaturated/α-hetero) is 1. The normalized spacial score (nSPS) is 12.2. The average Bonchev–Trinajstić information content (AvgIpc) is 2.57. The van der Waals surface area contributed by atoms with Crippen LogP contribution in [0.15, 0.2) is 0 Å². The van der Waals surface area contributed by atoms with Crippen molar-refractivity contribution in [3.05, 3.63) is 11.6 Å². The van der Waals surface area contributed by atoms with Crippen LogP contribution in [0.2, 0.25) is 0 Å². The van der Waals surface area contributed by atoms with Crippen molar-refractivity contribution in [1.29, 1.82) is 0 Å². The van der Waals surface area contributed by atoms with E-state index in [0.717, 1.165) is 5.82 Å². The summed E-state index contributed by atoms with van der Waals surface area (Å²) in [4.78, 5) is 26.7. The quantitative estimate of drug-likeness (QED) is 0.565. The molecule has 1 heterocycles. The standard InChI is InChI=1S/C11H17N3O3/c1-7(5-10(15)6-11(16)17-4)14-9(3)12-8(2)13-14/h7H,5-6H2,1-4H3/t7-/m1/s1. The van der Waals surface area contributed by atoms with Gasteiger partial charge in [0.15, 0.2) is 0 Å². The highest BCUT2D eigenvalue weighted by molar-refractivity contribution is 5.95. The van der Waals surface area contributed by atoms with Crippen LogP contribution in [0.4, 0.5) is 0 Å². The predicted molar refractivity (Wildman–Crippen MR) is 60.5 cm³/mol. The smallest absolute Gasteiger partial charge is 0.313 e. The number of nitrogens with zero attached hydrogens (tertiary/aromatic N) is 3. The molecule has 0 aliphatic carbocycles. The molecule has 0 radical (unpaired) electrons. The molecule has 1 atom stereocenters. The van der Waals surface area contributed by atoms with Crippen molar-refractivity contribution in [2.45, 2.75) is 39.7 Å². The van der Waals surface area contributed by atoms with Gasteiger partial charge in [0, 0.05) is 6.42 Å². The Bertz CT molecular complexity index is 426. The fraction of sp³-hybridized carbons (Fsp3) is 0.636. The van der Waals surface area contributed by atoms with Crippen molar-refractivity contribution < 1.29 is 14.3 Å². The van der Waals surface area contributed by atoms with Crippen molar-refractivity contribution in [2.24, 2.45) is 0 Å². The third-order valence-electron chi connectivity index (χ3n) is 2.42. The molecule has 0 aromatic carbocycles. The molecule has 6 nitrogen and oxygen atoms in total. The number of rotatable bonds is 5. The predicted octanol–water partition coefficient (Wildman–Crippen LogP) is 0.978. The zero-order valence-electron chi connectivity index (χ0n) is 10.6. The third kappa shape index (κ3) is 3.65. The summed E-state index contributed by atoms with van der Waals surface area (Å²) >= 11 is 0. The van der Waals surface area contributed by atoms with Gasteiger partial charge in [-0.05, 0) is 20.8 Å². The third-order valence-corrected chi connectivity index (χ3v) is 2.42. The van der Waals surface area contributed by atoms with Gasteiger partial charge in [-0.25, -0.2) is 9.67 Å². The lowest BCUT2D eigenvalue weighted by atomic mass is 10.1. The maximum absolute atomic E-state index is 11.6. The topological polar surface area (TPSA) is 74.1 Å². The number of ketones is 1. The van der Waals surface area contributed by atoms with E-state index in [2.05, 4.69) is 14.8 Å². The van der Waals surface area contributed by atoms with E-state index in [-0.39, 0.29) is 24.7 Å². The SMILES string of the molecule is COC(=O)CC(=O)C[C@@H](C)n1nc(C)nc1C. The summed E-state index contributed by atoms with van der Waals surface area (Å²) in [6.45, 7) is 5.50. The zero-order chi connectivity index (χ0) is 13.0. The van der Waals surface area contributed by atoms with Crippen LogP contribution in [0.1, 0.15) is 37.5 Å². The summed E-state index contributed by atoms with van der Waals surface area (Å²) in [6, 6.07) is -0.103. The molecule has 6 heteroatoms. The monoisotopic (exact) mass is 239 g/mol. The summed E-state index contributed by atoms with van der Waals surface area (Å²) in [5.74, 6) is 0.779. The van der Waals surface area contributed by atoms with E-state index in [9.17, 15) is 9.59 Å². The summed E-state index contributed by atoms with van der Waals surface area (Å²) in [5.41, 5.74) is 0. The van der Waals surface area contributed by atoms with E-state index in [4.69, 9.17) is 0 Å². The summed E-state index contributed by atoms with van der Waals surface area (Å²) in [6.07, 6.45) is 0.0618. The largest absolute Gasteiger partial charge is 0.469 e. The number of carbonyl (C=O) groups excluding carboxylic acids is 2. The molecule has 0 saturated heterocycles. The van der Waals surface area contributed by atoms with Gasteiger partial charge < -0.3 is 4.74 Å². The van der Waals surface area contributed by atoms with Crippen molar-refractivity contribution >= 4 is 11.8 Å². The minimum absolute atomic E-state index is 0.103. The van der Waals surface area contributed by atoms with Gasteiger partial charge in [0.2, 0.25) is 0 Å². The van der Waals surface area contributed by atoms with Crippen LogP contribution >= 0.6 is 0 Å². The molecule has 0 spiro atoms. The van der Waals surface area contributed by atoms with Crippen LogP contribution in [-0.4, -0.2) is 33.6 Å². The fourth-order valence-corrected chi connectivity index (χ4v) is 1.67. The van der Waals surface area contributed by atoms with Gasteiger partial charge in [-0.15, -0.1) is 0 Å². The first-order chi connectivity index (χ1) is 7.93. The molecular formula is C11H17N3O3. The van der Waals surface area contributed by atoms with Crippen LogP contribution in [0.25, 0.3) is 0 Å². The molecule has 17 heavy (non-hydrogen) atoms. The van der Waals surface area contributed by atoms with Gasteiger partial charge in [0.1, 0.15) is 23.9 Å². The first-order valence-electron chi connectivity index (χ1n) is 5.42. The Morgan fingerprint density at radius 2 is 2.06 bits per heavy atom. The number of esters is 1. The number of aryl methyl sites for hydroxylation is 2. The highest BCUT2D eigenvalue weighted by Gasteiger charge is 2.17. The summed E-state index contributed by atoms with van der Waals surface area (Å²) in [5, 5.41) is 4.20. The van der Waals surface area contributed by atoms with Crippen molar-refractivity contribution in [2.75, 3.05) is 7.11 Å². The molecule has 0 fully saturated rings. The van der Waals surface area contributed by atoms with Gasteiger partial charge in [0.05, 0.1) is 13.2 Å². The molecule has 0 unspecified atom stereocenters. The molecule has 94 valence electrons.